The summed E-state index contributed by atoms with van der Waals surface area (Å²) in [6.45, 7) is 1.32. The second-order valence-corrected chi connectivity index (χ2v) is 7.46. The van der Waals surface area contributed by atoms with E-state index in [2.05, 4.69) is 10.3 Å². The first-order valence-electron chi connectivity index (χ1n) is 8.75. The van der Waals surface area contributed by atoms with Gasteiger partial charge in [-0.3, -0.25) is 14.9 Å². The van der Waals surface area contributed by atoms with Gasteiger partial charge in [0.05, 0.1) is 17.3 Å². The molecule has 2 aromatic carbocycles. The van der Waals surface area contributed by atoms with Crippen molar-refractivity contribution in [2.24, 2.45) is 0 Å². The van der Waals surface area contributed by atoms with Gasteiger partial charge >= 0.3 is 0 Å². The van der Waals surface area contributed by atoms with Gasteiger partial charge < -0.3 is 9.64 Å². The quantitative estimate of drug-likeness (QED) is 0.732. The second-order valence-electron chi connectivity index (χ2n) is 6.43. The molecule has 0 atom stereocenters. The lowest BCUT2D eigenvalue weighted by molar-refractivity contribution is -0.128. The van der Waals surface area contributed by atoms with Crippen LogP contribution in [0.15, 0.2) is 42.5 Å². The summed E-state index contributed by atoms with van der Waals surface area (Å²) in [5.74, 6) is 0.721. The summed E-state index contributed by atoms with van der Waals surface area (Å²) >= 11 is 1.40. The molecule has 0 spiro atoms. The van der Waals surface area contributed by atoms with E-state index in [0.717, 1.165) is 34.5 Å². The average Bonchev–Trinajstić information content (AvgIpc) is 3.26. The van der Waals surface area contributed by atoms with Crippen LogP contribution in [0.2, 0.25) is 0 Å². The molecule has 1 saturated heterocycles. The van der Waals surface area contributed by atoms with E-state index in [1.54, 1.807) is 13.2 Å². The predicted molar refractivity (Wildman–Crippen MR) is 105 cm³/mol. The summed E-state index contributed by atoms with van der Waals surface area (Å²) in [5, 5.41) is 3.41. The molecule has 1 aromatic heterocycles. The van der Waals surface area contributed by atoms with Crippen LogP contribution in [0.4, 0.5) is 5.13 Å². The van der Waals surface area contributed by atoms with Crippen LogP contribution in [-0.2, 0) is 11.3 Å². The highest BCUT2D eigenvalue weighted by Crippen LogP contribution is 2.29. The molecule has 1 fully saturated rings. The maximum absolute atomic E-state index is 12.6. The van der Waals surface area contributed by atoms with Gasteiger partial charge in [-0.15, -0.1) is 0 Å². The van der Waals surface area contributed by atoms with Gasteiger partial charge in [0.25, 0.3) is 5.91 Å². The Morgan fingerprint density at radius 1 is 1.30 bits per heavy atom. The normalized spacial score (nSPS) is 14.0. The Morgan fingerprint density at radius 3 is 2.96 bits per heavy atom. The number of nitrogens with zero attached hydrogens (tertiary/aromatic N) is 2. The van der Waals surface area contributed by atoms with E-state index in [4.69, 9.17) is 4.74 Å². The molecule has 27 heavy (non-hydrogen) atoms. The van der Waals surface area contributed by atoms with Crippen molar-refractivity contribution in [1.82, 2.24) is 9.88 Å². The second kappa shape index (κ2) is 7.36. The van der Waals surface area contributed by atoms with Gasteiger partial charge in [-0.1, -0.05) is 23.5 Å². The van der Waals surface area contributed by atoms with Crippen LogP contribution >= 0.6 is 11.3 Å². The van der Waals surface area contributed by atoms with Crippen LogP contribution in [0.1, 0.15) is 28.8 Å². The molecule has 2 amide bonds. The predicted octanol–water partition coefficient (Wildman–Crippen LogP) is 3.68. The minimum Gasteiger partial charge on any atom is -0.497 e. The maximum Gasteiger partial charge on any atom is 0.257 e. The van der Waals surface area contributed by atoms with Crippen LogP contribution in [-0.4, -0.2) is 35.4 Å². The Kier molecular flexibility index (Phi) is 4.77. The number of amides is 2. The molecular weight excluding hydrogens is 362 g/mol. The largest absolute Gasteiger partial charge is 0.497 e. The van der Waals surface area contributed by atoms with E-state index < -0.39 is 0 Å². The number of carbonyl (C=O) groups excluding carboxylic acids is 2. The van der Waals surface area contributed by atoms with Gasteiger partial charge in [-0.2, -0.15) is 0 Å². The minimum atomic E-state index is -0.212. The summed E-state index contributed by atoms with van der Waals surface area (Å²) in [6, 6.07) is 13.0. The number of hydrogen-bond acceptors (Lipinski definition) is 5. The SMILES string of the molecule is COc1ccc2nc(NC(=O)c3cccc(CN4CCCC4=O)c3)sc2c1. The standard InChI is InChI=1S/C20H19N3O3S/c1-26-15-7-8-16-17(11-15)27-20(21-16)22-19(25)14-5-2-4-13(10-14)12-23-9-3-6-18(23)24/h2,4-5,7-8,10-11H,3,6,9,12H2,1H3,(H,21,22,25). The number of anilines is 1. The molecule has 2 heterocycles. The third kappa shape index (κ3) is 3.78. The first-order valence-corrected chi connectivity index (χ1v) is 9.57. The highest BCUT2D eigenvalue weighted by molar-refractivity contribution is 7.22. The van der Waals surface area contributed by atoms with Crippen LogP contribution in [0.25, 0.3) is 10.2 Å². The van der Waals surface area contributed by atoms with Crippen molar-refractivity contribution in [3.05, 3.63) is 53.6 Å². The first kappa shape index (κ1) is 17.5. The smallest absolute Gasteiger partial charge is 0.257 e. The number of aromatic nitrogens is 1. The van der Waals surface area contributed by atoms with Crippen molar-refractivity contribution < 1.29 is 14.3 Å². The molecule has 0 radical (unpaired) electrons. The van der Waals surface area contributed by atoms with Crippen LogP contribution in [0, 0.1) is 0 Å². The van der Waals surface area contributed by atoms with Crippen LogP contribution in [0.3, 0.4) is 0 Å². The topological polar surface area (TPSA) is 71.5 Å². The van der Waals surface area contributed by atoms with E-state index in [1.807, 2.05) is 41.3 Å². The van der Waals surface area contributed by atoms with Crippen LogP contribution in [0.5, 0.6) is 5.75 Å². The van der Waals surface area contributed by atoms with E-state index in [0.29, 0.717) is 23.7 Å². The number of rotatable bonds is 5. The molecule has 3 aromatic rings. The number of nitrogens with one attached hydrogen (secondary N) is 1. The number of carbonyl (C=O) groups is 2. The number of benzene rings is 2. The number of methoxy groups -OCH3 is 1. The van der Waals surface area contributed by atoms with E-state index in [-0.39, 0.29) is 11.8 Å². The Balaban J connectivity index is 1.49. The Labute approximate surface area is 160 Å². The third-order valence-corrected chi connectivity index (χ3v) is 5.48. The third-order valence-electron chi connectivity index (χ3n) is 4.55. The Bertz CT molecular complexity index is 1010. The molecule has 0 bridgehead atoms. The number of likely N-dealkylation sites (tertiary alicyclic amines) is 1. The van der Waals surface area contributed by atoms with E-state index >= 15 is 0 Å². The molecule has 1 aliphatic rings. The van der Waals surface area contributed by atoms with E-state index in [9.17, 15) is 9.59 Å². The molecule has 7 heteroatoms. The van der Waals surface area contributed by atoms with Gasteiger partial charge in [0.2, 0.25) is 5.91 Å². The lowest BCUT2D eigenvalue weighted by Gasteiger charge is -2.15. The summed E-state index contributed by atoms with van der Waals surface area (Å²) in [5.41, 5.74) is 2.32. The van der Waals surface area contributed by atoms with Gasteiger partial charge in [0.1, 0.15) is 5.75 Å². The molecule has 6 nitrogen and oxygen atoms in total. The van der Waals surface area contributed by atoms with Crippen molar-refractivity contribution in [2.75, 3.05) is 19.0 Å². The fourth-order valence-electron chi connectivity index (χ4n) is 3.16. The zero-order chi connectivity index (χ0) is 18.8. The maximum atomic E-state index is 12.6. The fraction of sp³-hybridized carbons (Fsp3) is 0.250. The van der Waals surface area contributed by atoms with Crippen molar-refractivity contribution in [3.8, 4) is 5.75 Å². The van der Waals surface area contributed by atoms with Crippen molar-refractivity contribution in [1.29, 1.82) is 0 Å². The first-order chi connectivity index (χ1) is 13.1. The summed E-state index contributed by atoms with van der Waals surface area (Å²) < 4.78 is 6.17. The number of thiazole rings is 1. The number of hydrogen-bond donors (Lipinski definition) is 1. The fourth-order valence-corrected chi connectivity index (χ4v) is 4.05. The number of fused-ring (bicyclic) bond motifs is 1. The summed E-state index contributed by atoms with van der Waals surface area (Å²) in [7, 11) is 1.62. The molecule has 0 saturated carbocycles. The summed E-state index contributed by atoms with van der Waals surface area (Å²) in [6.07, 6.45) is 1.52. The lowest BCUT2D eigenvalue weighted by atomic mass is 10.1. The molecule has 1 aliphatic heterocycles. The zero-order valence-corrected chi connectivity index (χ0v) is 15.7. The van der Waals surface area contributed by atoms with E-state index in [1.165, 1.54) is 11.3 Å². The van der Waals surface area contributed by atoms with Gasteiger partial charge in [0, 0.05) is 25.1 Å². The van der Waals surface area contributed by atoms with Crippen molar-refractivity contribution >= 4 is 38.5 Å². The monoisotopic (exact) mass is 381 g/mol. The van der Waals surface area contributed by atoms with Gasteiger partial charge in [0.15, 0.2) is 5.13 Å². The highest BCUT2D eigenvalue weighted by Gasteiger charge is 2.20. The Hall–Kier alpha value is -2.93. The summed E-state index contributed by atoms with van der Waals surface area (Å²) in [4.78, 5) is 30.7. The molecule has 0 unspecified atom stereocenters. The molecule has 1 N–H and O–H groups in total. The lowest BCUT2D eigenvalue weighted by Crippen LogP contribution is -2.24. The van der Waals surface area contributed by atoms with Gasteiger partial charge in [-0.25, -0.2) is 4.98 Å². The highest BCUT2D eigenvalue weighted by atomic mass is 32.1. The molecular formula is C20H19N3O3S. The molecule has 4 rings (SSSR count). The average molecular weight is 381 g/mol. The van der Waals surface area contributed by atoms with Crippen molar-refractivity contribution in [3.63, 3.8) is 0 Å². The van der Waals surface area contributed by atoms with Gasteiger partial charge in [-0.05, 0) is 42.3 Å². The zero-order valence-electron chi connectivity index (χ0n) is 14.9. The van der Waals surface area contributed by atoms with Crippen LogP contribution < -0.4 is 10.1 Å². The van der Waals surface area contributed by atoms with Crippen molar-refractivity contribution in [2.45, 2.75) is 19.4 Å². The number of ether oxygens (including phenoxy) is 1. The Morgan fingerprint density at radius 2 is 2.19 bits per heavy atom. The molecule has 138 valence electrons. The minimum absolute atomic E-state index is 0.176. The molecule has 0 aliphatic carbocycles.